The highest BCUT2D eigenvalue weighted by atomic mass is 35.5. The summed E-state index contributed by atoms with van der Waals surface area (Å²) in [5.41, 5.74) is 3.52. The van der Waals surface area contributed by atoms with Gasteiger partial charge in [-0.3, -0.25) is 4.90 Å². The summed E-state index contributed by atoms with van der Waals surface area (Å²) in [4.78, 5) is 2.56. The SMILES string of the molecule is COc1ccc(CCN2CCCC2COC(c2ccc(Cl)cc2)c2ccc(Cl)cc2)cc1. The predicted molar refractivity (Wildman–Crippen MR) is 132 cm³/mol. The molecule has 0 radical (unpaired) electrons. The molecule has 0 saturated carbocycles. The van der Waals surface area contributed by atoms with E-state index in [1.807, 2.05) is 60.7 Å². The molecule has 3 aromatic carbocycles. The highest BCUT2D eigenvalue weighted by Crippen LogP contribution is 2.30. The van der Waals surface area contributed by atoms with Crippen LogP contribution in [-0.2, 0) is 11.2 Å². The van der Waals surface area contributed by atoms with E-state index >= 15 is 0 Å². The molecule has 0 N–H and O–H groups in total. The number of likely N-dealkylation sites (tertiary alicyclic amines) is 1. The minimum Gasteiger partial charge on any atom is -0.497 e. The van der Waals surface area contributed by atoms with Gasteiger partial charge in [0.15, 0.2) is 0 Å². The summed E-state index contributed by atoms with van der Waals surface area (Å²) >= 11 is 12.2. The summed E-state index contributed by atoms with van der Waals surface area (Å²) in [6.45, 7) is 2.85. The number of halogens is 2. The lowest BCUT2D eigenvalue weighted by Crippen LogP contribution is -2.35. The van der Waals surface area contributed by atoms with Crippen LogP contribution in [0.3, 0.4) is 0 Å². The van der Waals surface area contributed by atoms with Crippen LogP contribution in [0.5, 0.6) is 5.75 Å². The first-order valence-electron chi connectivity index (χ1n) is 11.1. The zero-order valence-electron chi connectivity index (χ0n) is 18.3. The average Bonchev–Trinajstić information content (AvgIpc) is 3.27. The van der Waals surface area contributed by atoms with E-state index in [0.717, 1.165) is 52.9 Å². The highest BCUT2D eigenvalue weighted by Gasteiger charge is 2.26. The first-order valence-corrected chi connectivity index (χ1v) is 11.9. The molecule has 4 rings (SSSR count). The zero-order valence-corrected chi connectivity index (χ0v) is 19.9. The first kappa shape index (κ1) is 23.1. The number of rotatable bonds is 9. The molecule has 0 amide bonds. The van der Waals surface area contributed by atoms with Crippen molar-refractivity contribution in [2.75, 3.05) is 26.8 Å². The smallest absolute Gasteiger partial charge is 0.118 e. The third-order valence-corrected chi connectivity index (χ3v) is 6.65. The van der Waals surface area contributed by atoms with Gasteiger partial charge in [-0.25, -0.2) is 0 Å². The first-order chi connectivity index (χ1) is 15.6. The van der Waals surface area contributed by atoms with Crippen molar-refractivity contribution in [3.8, 4) is 5.75 Å². The van der Waals surface area contributed by atoms with Gasteiger partial charge in [-0.05, 0) is 78.9 Å². The summed E-state index contributed by atoms with van der Waals surface area (Å²) in [7, 11) is 1.70. The number of nitrogens with zero attached hydrogens (tertiary/aromatic N) is 1. The lowest BCUT2D eigenvalue weighted by Gasteiger charge is -2.27. The normalized spacial score (nSPS) is 16.6. The van der Waals surface area contributed by atoms with Crippen molar-refractivity contribution < 1.29 is 9.47 Å². The quantitative estimate of drug-likeness (QED) is 0.343. The van der Waals surface area contributed by atoms with Gasteiger partial charge in [0, 0.05) is 22.6 Å². The minimum atomic E-state index is -0.145. The number of benzene rings is 3. The third-order valence-electron chi connectivity index (χ3n) is 6.15. The van der Waals surface area contributed by atoms with Crippen molar-refractivity contribution in [1.29, 1.82) is 0 Å². The van der Waals surface area contributed by atoms with Crippen LogP contribution in [0.1, 0.15) is 35.6 Å². The van der Waals surface area contributed by atoms with Crippen molar-refractivity contribution in [3.63, 3.8) is 0 Å². The molecular weight excluding hydrogens is 441 g/mol. The number of hydrogen-bond acceptors (Lipinski definition) is 3. The highest BCUT2D eigenvalue weighted by molar-refractivity contribution is 6.30. The van der Waals surface area contributed by atoms with E-state index in [1.54, 1.807) is 7.11 Å². The molecule has 32 heavy (non-hydrogen) atoms. The van der Waals surface area contributed by atoms with E-state index in [2.05, 4.69) is 17.0 Å². The molecule has 1 atom stereocenters. The molecule has 1 aliphatic heterocycles. The fourth-order valence-electron chi connectivity index (χ4n) is 4.31. The maximum atomic E-state index is 6.55. The number of ether oxygens (including phenoxy) is 2. The molecule has 168 valence electrons. The Morgan fingerprint density at radius 1 is 0.875 bits per heavy atom. The molecule has 0 aliphatic carbocycles. The van der Waals surface area contributed by atoms with Crippen molar-refractivity contribution >= 4 is 23.2 Å². The largest absolute Gasteiger partial charge is 0.497 e. The molecule has 1 fully saturated rings. The topological polar surface area (TPSA) is 21.7 Å². The van der Waals surface area contributed by atoms with Crippen LogP contribution in [0.4, 0.5) is 0 Å². The zero-order chi connectivity index (χ0) is 22.3. The molecule has 0 bridgehead atoms. The lowest BCUT2D eigenvalue weighted by molar-refractivity contribution is 0.0381. The van der Waals surface area contributed by atoms with Crippen LogP contribution in [0.25, 0.3) is 0 Å². The minimum absolute atomic E-state index is 0.145. The second kappa shape index (κ2) is 11.2. The van der Waals surface area contributed by atoms with E-state index in [1.165, 1.54) is 12.0 Å². The maximum absolute atomic E-state index is 6.55. The molecule has 3 aromatic rings. The van der Waals surface area contributed by atoms with Gasteiger partial charge in [0.2, 0.25) is 0 Å². The summed E-state index contributed by atoms with van der Waals surface area (Å²) in [6, 6.07) is 24.6. The van der Waals surface area contributed by atoms with E-state index < -0.39 is 0 Å². The van der Waals surface area contributed by atoms with Crippen molar-refractivity contribution in [1.82, 2.24) is 4.90 Å². The van der Waals surface area contributed by atoms with Crippen LogP contribution in [0.2, 0.25) is 10.0 Å². The molecule has 1 saturated heterocycles. The molecule has 0 spiro atoms. The lowest BCUT2D eigenvalue weighted by atomic mass is 10.0. The van der Waals surface area contributed by atoms with Gasteiger partial charge >= 0.3 is 0 Å². The van der Waals surface area contributed by atoms with E-state index in [-0.39, 0.29) is 6.10 Å². The second-order valence-electron chi connectivity index (χ2n) is 8.25. The Balaban J connectivity index is 1.40. The average molecular weight is 470 g/mol. The van der Waals surface area contributed by atoms with Crippen LogP contribution in [-0.4, -0.2) is 37.7 Å². The second-order valence-corrected chi connectivity index (χ2v) is 9.12. The Bertz CT molecular complexity index is 929. The summed E-state index contributed by atoms with van der Waals surface area (Å²) in [6.07, 6.45) is 3.26. The van der Waals surface area contributed by atoms with Gasteiger partial charge in [0.05, 0.1) is 13.7 Å². The fraction of sp³-hybridized carbons (Fsp3) is 0.333. The van der Waals surface area contributed by atoms with E-state index in [0.29, 0.717) is 12.6 Å². The number of hydrogen-bond donors (Lipinski definition) is 0. The predicted octanol–water partition coefficient (Wildman–Crippen LogP) is 6.82. The maximum Gasteiger partial charge on any atom is 0.118 e. The monoisotopic (exact) mass is 469 g/mol. The van der Waals surface area contributed by atoms with Crippen LogP contribution in [0, 0.1) is 0 Å². The van der Waals surface area contributed by atoms with Gasteiger partial charge in [-0.2, -0.15) is 0 Å². The molecule has 3 nitrogen and oxygen atoms in total. The van der Waals surface area contributed by atoms with Crippen LogP contribution >= 0.6 is 23.2 Å². The van der Waals surface area contributed by atoms with E-state index in [4.69, 9.17) is 32.7 Å². The third kappa shape index (κ3) is 6.05. The van der Waals surface area contributed by atoms with Crippen molar-refractivity contribution in [3.05, 3.63) is 99.5 Å². The Labute approximate surface area is 200 Å². The number of methoxy groups -OCH3 is 1. The fourth-order valence-corrected chi connectivity index (χ4v) is 4.56. The van der Waals surface area contributed by atoms with Crippen molar-refractivity contribution in [2.45, 2.75) is 31.4 Å². The van der Waals surface area contributed by atoms with Gasteiger partial charge in [0.1, 0.15) is 11.9 Å². The Kier molecular flexibility index (Phi) is 8.10. The summed E-state index contributed by atoms with van der Waals surface area (Å²) in [5.74, 6) is 0.900. The van der Waals surface area contributed by atoms with Gasteiger partial charge in [0.25, 0.3) is 0 Å². The molecule has 5 heteroatoms. The molecular formula is C27H29Cl2NO2. The molecule has 1 heterocycles. The molecule has 1 unspecified atom stereocenters. The Hall–Kier alpha value is -2.04. The van der Waals surface area contributed by atoms with Gasteiger partial charge in [-0.1, -0.05) is 59.6 Å². The molecule has 1 aliphatic rings. The Morgan fingerprint density at radius 3 is 2.03 bits per heavy atom. The van der Waals surface area contributed by atoms with Crippen LogP contribution in [0.15, 0.2) is 72.8 Å². The standard InChI is InChI=1S/C27H29Cl2NO2/c1-31-26-14-4-20(5-15-26)16-18-30-17-2-3-25(30)19-32-27(21-6-10-23(28)11-7-21)22-8-12-24(29)13-9-22/h4-15,25,27H,2-3,16-19H2,1H3. The summed E-state index contributed by atoms with van der Waals surface area (Å²) in [5, 5.41) is 1.45. The Morgan fingerprint density at radius 2 is 1.47 bits per heavy atom. The van der Waals surface area contributed by atoms with E-state index in [9.17, 15) is 0 Å². The summed E-state index contributed by atoms with van der Waals surface area (Å²) < 4.78 is 11.8. The van der Waals surface area contributed by atoms with Gasteiger partial charge < -0.3 is 9.47 Å². The van der Waals surface area contributed by atoms with Crippen LogP contribution < -0.4 is 4.74 Å². The van der Waals surface area contributed by atoms with Crippen molar-refractivity contribution in [2.24, 2.45) is 0 Å². The van der Waals surface area contributed by atoms with Gasteiger partial charge in [-0.15, -0.1) is 0 Å². The molecule has 0 aromatic heterocycles.